The molecule has 340 valence electrons. The zero-order chi connectivity index (χ0) is 44.5. The number of anilines is 5. The molecule has 0 unspecified atom stereocenters. The Labute approximate surface area is 365 Å². The maximum Gasteiger partial charge on any atom is 0.224 e. The van der Waals surface area contributed by atoms with Crippen LogP contribution in [0, 0.1) is 36.0 Å². The zero-order valence-corrected chi connectivity index (χ0v) is 35.2. The topological polar surface area (TPSA) is 180 Å². The number of imidazole rings is 1. The lowest BCUT2D eigenvalue weighted by Gasteiger charge is -2.27. The number of aliphatic hydroxyl groups excluding tert-OH is 2. The number of nitrogens with one attached hydrogen (secondary N) is 3. The minimum absolute atomic E-state index is 0.0476. The molecule has 64 heavy (non-hydrogen) atoms. The van der Waals surface area contributed by atoms with Crippen LogP contribution in [0.5, 0.6) is 0 Å². The van der Waals surface area contributed by atoms with Gasteiger partial charge in [-0.2, -0.15) is 9.97 Å². The van der Waals surface area contributed by atoms with Gasteiger partial charge < -0.3 is 40.5 Å². The molecule has 5 aliphatic rings. The standard InChI is InChI=1S/C23H27F2N5O2.C21H23F3N6O2/c1-13-8-15(24)10-19(25)21(13)28-20-9-14-11-26-23(27-16-2-4-18(31)5-3-16)29-22(14)30(20)17-6-7-32-12-17;22-11-7-15(23)18(16(24)8-11)28-21-27-17-9-25-20(26-12-1-3-14(31)4-2-12)29-19(17)30(21)13-5-6-32-10-13/h8,10-11,16-18,31H,2-7,9,12H2,1H3,(H,26,27,29);7-9,12-14,31H,1-6,10H2,(H,27,28)(H,25,26,29)/t16?,17-,18?;12?,13-,14?/m00/s1. The molecule has 2 saturated carbocycles. The fraction of sp³-hybridized carbons (Fsp3) is 0.500. The van der Waals surface area contributed by atoms with E-state index in [9.17, 15) is 32.2 Å². The van der Waals surface area contributed by atoms with E-state index in [0.717, 1.165) is 75.2 Å². The van der Waals surface area contributed by atoms with Crippen molar-refractivity contribution in [2.24, 2.45) is 4.99 Å². The first kappa shape index (κ1) is 43.7. The largest absolute Gasteiger partial charge is 0.393 e. The monoisotopic (exact) mass is 891 g/mol. The maximum atomic E-state index is 14.5. The van der Waals surface area contributed by atoms with Crippen molar-refractivity contribution in [3.63, 3.8) is 0 Å². The van der Waals surface area contributed by atoms with Crippen LogP contribution in [0.15, 0.2) is 41.7 Å². The number of fused-ring (bicyclic) bond motifs is 2. The van der Waals surface area contributed by atoms with Crippen molar-refractivity contribution in [2.45, 2.75) is 114 Å². The normalized spacial score (nSPS) is 25.1. The van der Waals surface area contributed by atoms with Crippen LogP contribution in [0.1, 0.15) is 81.4 Å². The third-order valence-corrected chi connectivity index (χ3v) is 12.4. The van der Waals surface area contributed by atoms with Gasteiger partial charge in [-0.3, -0.25) is 4.57 Å². The smallest absolute Gasteiger partial charge is 0.224 e. The molecule has 3 aromatic heterocycles. The molecule has 10 rings (SSSR count). The predicted octanol–water partition coefficient (Wildman–Crippen LogP) is 7.32. The van der Waals surface area contributed by atoms with Gasteiger partial charge in [0.1, 0.15) is 40.2 Å². The second-order valence-electron chi connectivity index (χ2n) is 17.1. The van der Waals surface area contributed by atoms with Crippen molar-refractivity contribution < 1.29 is 41.6 Å². The molecule has 2 aliphatic carbocycles. The van der Waals surface area contributed by atoms with Crippen molar-refractivity contribution in [3.05, 3.63) is 76.9 Å². The molecule has 0 amide bonds. The number of amidine groups is 1. The van der Waals surface area contributed by atoms with Crippen molar-refractivity contribution in [1.29, 1.82) is 0 Å². The Morgan fingerprint density at radius 2 is 1.27 bits per heavy atom. The fourth-order valence-corrected chi connectivity index (χ4v) is 9.05. The summed E-state index contributed by atoms with van der Waals surface area (Å²) in [6, 6.07) is 3.66. The molecule has 0 radical (unpaired) electrons. The first-order valence-electron chi connectivity index (χ1n) is 21.8. The van der Waals surface area contributed by atoms with Crippen LogP contribution in [0.3, 0.4) is 0 Å². The van der Waals surface area contributed by atoms with Crippen molar-refractivity contribution >= 4 is 52.0 Å². The molecular weight excluding hydrogens is 842 g/mol. The number of aromatic nitrogens is 6. The number of hydrogen-bond acceptors (Lipinski definition) is 13. The van der Waals surface area contributed by atoms with Gasteiger partial charge in [-0.1, -0.05) is 0 Å². The Morgan fingerprint density at radius 3 is 1.88 bits per heavy atom. The third-order valence-electron chi connectivity index (χ3n) is 12.4. The highest BCUT2D eigenvalue weighted by molar-refractivity contribution is 6.06. The van der Waals surface area contributed by atoms with E-state index in [1.54, 1.807) is 23.9 Å². The number of ether oxygens (including phenoxy) is 2. The van der Waals surface area contributed by atoms with Gasteiger partial charge in [-0.15, -0.1) is 0 Å². The number of halogens is 5. The molecule has 5 N–H and O–H groups in total. The Hall–Kier alpha value is -5.57. The van der Waals surface area contributed by atoms with E-state index in [0.29, 0.717) is 85.9 Å². The minimum Gasteiger partial charge on any atom is -0.393 e. The van der Waals surface area contributed by atoms with Crippen LogP contribution in [0.25, 0.3) is 11.2 Å². The number of rotatable bonds is 9. The summed E-state index contributed by atoms with van der Waals surface area (Å²) in [5.41, 5.74) is 1.97. The van der Waals surface area contributed by atoms with Gasteiger partial charge in [-0.05, 0) is 82.8 Å². The highest BCUT2D eigenvalue weighted by atomic mass is 19.2. The molecule has 2 saturated heterocycles. The zero-order valence-electron chi connectivity index (χ0n) is 35.2. The Morgan fingerprint density at radius 1 is 0.688 bits per heavy atom. The lowest BCUT2D eigenvalue weighted by molar-refractivity contribution is 0.125. The molecule has 0 bridgehead atoms. The van der Waals surface area contributed by atoms with Gasteiger partial charge in [0, 0.05) is 61.7 Å². The average Bonchev–Trinajstić information content (AvgIpc) is 4.09. The molecular formula is C44H50F5N11O4. The predicted molar refractivity (Wildman–Crippen MR) is 229 cm³/mol. The number of aliphatic hydroxyl groups is 2. The molecule has 0 spiro atoms. The summed E-state index contributed by atoms with van der Waals surface area (Å²) in [6.45, 7) is 3.79. The van der Waals surface area contributed by atoms with Crippen molar-refractivity contribution in [1.82, 2.24) is 29.5 Å². The highest BCUT2D eigenvalue weighted by Gasteiger charge is 2.36. The van der Waals surface area contributed by atoms with Gasteiger partial charge in [0.15, 0.2) is 23.1 Å². The summed E-state index contributed by atoms with van der Waals surface area (Å²) in [6.07, 6.45) is 11.2. The summed E-state index contributed by atoms with van der Waals surface area (Å²) in [5.74, 6) is -1.85. The van der Waals surface area contributed by atoms with E-state index in [1.807, 2.05) is 4.90 Å². The Kier molecular flexibility index (Phi) is 12.9. The molecule has 4 fully saturated rings. The molecule has 2 atom stereocenters. The number of aliphatic imine (C=N–C) groups is 1. The second-order valence-corrected chi connectivity index (χ2v) is 17.1. The van der Waals surface area contributed by atoms with Crippen LogP contribution >= 0.6 is 0 Å². The average molecular weight is 892 g/mol. The van der Waals surface area contributed by atoms with Crippen LogP contribution in [-0.4, -0.2) is 102 Å². The second kappa shape index (κ2) is 18.9. The highest BCUT2D eigenvalue weighted by Crippen LogP contribution is 2.36. The molecule has 6 heterocycles. The maximum absolute atomic E-state index is 14.5. The van der Waals surface area contributed by atoms with Crippen LogP contribution in [0.4, 0.5) is 57.0 Å². The summed E-state index contributed by atoms with van der Waals surface area (Å²) in [7, 11) is 0. The number of aryl methyl sites for hydroxylation is 1. The van der Waals surface area contributed by atoms with E-state index < -0.39 is 34.8 Å². The number of hydrogen-bond donors (Lipinski definition) is 5. The lowest BCUT2D eigenvalue weighted by Crippen LogP contribution is -2.39. The number of nitrogens with zero attached hydrogens (tertiary/aromatic N) is 8. The summed E-state index contributed by atoms with van der Waals surface area (Å²) >= 11 is 0. The third kappa shape index (κ3) is 9.59. The van der Waals surface area contributed by atoms with E-state index in [2.05, 4.69) is 40.9 Å². The van der Waals surface area contributed by atoms with Crippen LogP contribution in [-0.2, 0) is 15.9 Å². The summed E-state index contributed by atoms with van der Waals surface area (Å²) in [4.78, 5) is 29.3. The summed E-state index contributed by atoms with van der Waals surface area (Å²) < 4.78 is 82.7. The molecule has 2 aromatic carbocycles. The Bertz CT molecular complexity index is 2460. The molecule has 3 aliphatic heterocycles. The van der Waals surface area contributed by atoms with Gasteiger partial charge in [0.25, 0.3) is 0 Å². The van der Waals surface area contributed by atoms with Gasteiger partial charge in [0.05, 0.1) is 43.7 Å². The van der Waals surface area contributed by atoms with Crippen LogP contribution < -0.4 is 20.9 Å². The van der Waals surface area contributed by atoms with E-state index >= 15 is 0 Å². The fourth-order valence-electron chi connectivity index (χ4n) is 9.05. The van der Waals surface area contributed by atoms with E-state index in [1.165, 1.54) is 6.07 Å². The van der Waals surface area contributed by atoms with E-state index in [-0.39, 0.29) is 48.0 Å². The first-order valence-corrected chi connectivity index (χ1v) is 21.8. The number of benzene rings is 2. The van der Waals surface area contributed by atoms with Crippen molar-refractivity contribution in [3.8, 4) is 0 Å². The Balaban J connectivity index is 0.000000162. The van der Waals surface area contributed by atoms with Crippen LogP contribution in [0.2, 0.25) is 0 Å². The molecule has 20 heteroatoms. The van der Waals surface area contributed by atoms with Gasteiger partial charge in [0.2, 0.25) is 17.8 Å². The summed E-state index contributed by atoms with van der Waals surface area (Å²) in [5, 5.41) is 28.8. The molecule has 15 nitrogen and oxygen atoms in total. The lowest BCUT2D eigenvalue weighted by atomic mass is 9.93. The first-order chi connectivity index (χ1) is 30.9. The quantitative estimate of drug-likeness (QED) is 0.0931. The van der Waals surface area contributed by atoms with Crippen molar-refractivity contribution in [2.75, 3.05) is 47.3 Å². The van der Waals surface area contributed by atoms with E-state index in [4.69, 9.17) is 14.5 Å². The van der Waals surface area contributed by atoms with Gasteiger partial charge >= 0.3 is 0 Å². The minimum atomic E-state index is -1.06. The van der Waals surface area contributed by atoms with Gasteiger partial charge in [-0.25, -0.2) is 41.9 Å². The SMILES string of the molecule is Cc1cc(F)cc(F)c1N=C1Cc2cnc(NC3CCC(O)CC3)nc2N1[C@H]1CCOC1.OC1CCC(Nc2ncc3nc(Nc4c(F)cc(F)cc4F)n([C@H]4CCOC4)c3n2)CC1. The molecule has 5 aromatic rings.